The molecule has 3 amide bonds. The molecule has 0 aliphatic carbocycles. The van der Waals surface area contributed by atoms with Gasteiger partial charge in [-0.2, -0.15) is 0 Å². The van der Waals surface area contributed by atoms with E-state index >= 15 is 0 Å². The molecule has 0 bridgehead atoms. The molecule has 128 valence electrons. The van der Waals surface area contributed by atoms with E-state index < -0.39 is 0 Å². The molecule has 5 nitrogen and oxygen atoms in total. The van der Waals surface area contributed by atoms with E-state index in [0.29, 0.717) is 32.6 Å². The Hall–Kier alpha value is -2.01. The average Bonchev–Trinajstić information content (AvgIpc) is 2.99. The summed E-state index contributed by atoms with van der Waals surface area (Å²) in [6.45, 7) is 3.19. The zero-order valence-corrected chi connectivity index (χ0v) is 14.4. The van der Waals surface area contributed by atoms with Gasteiger partial charge in [-0.05, 0) is 24.0 Å². The minimum atomic E-state index is -0.0898. The smallest absolute Gasteiger partial charge is 0.318 e. The number of likely N-dealkylation sites (tertiary alicyclic amines) is 1. The van der Waals surface area contributed by atoms with Gasteiger partial charge in [0.15, 0.2) is 0 Å². The Labute approximate surface area is 147 Å². The van der Waals surface area contributed by atoms with Crippen molar-refractivity contribution in [2.24, 2.45) is 0 Å². The van der Waals surface area contributed by atoms with Crippen molar-refractivity contribution in [3.63, 3.8) is 0 Å². The minimum Gasteiger partial charge on any atom is -0.338 e. The molecule has 2 aliphatic rings. The topological polar surface area (TPSA) is 52.7 Å². The van der Waals surface area contributed by atoms with Crippen molar-refractivity contribution in [1.82, 2.24) is 15.1 Å². The first-order valence-corrected chi connectivity index (χ1v) is 8.72. The van der Waals surface area contributed by atoms with Crippen molar-refractivity contribution in [2.45, 2.75) is 32.4 Å². The van der Waals surface area contributed by atoms with Crippen LogP contribution in [0.4, 0.5) is 4.79 Å². The maximum atomic E-state index is 12.1. The summed E-state index contributed by atoms with van der Waals surface area (Å²) in [5.74, 6) is 0.237. The number of urea groups is 1. The van der Waals surface area contributed by atoms with Gasteiger partial charge in [0.25, 0.3) is 0 Å². The molecule has 3 rings (SSSR count). The van der Waals surface area contributed by atoms with E-state index in [2.05, 4.69) is 5.32 Å². The highest BCUT2D eigenvalue weighted by molar-refractivity contribution is 6.30. The van der Waals surface area contributed by atoms with Gasteiger partial charge >= 0.3 is 6.03 Å². The highest BCUT2D eigenvalue weighted by Gasteiger charge is 2.20. The summed E-state index contributed by atoms with van der Waals surface area (Å²) >= 11 is 5.98. The number of amides is 3. The van der Waals surface area contributed by atoms with Crippen molar-refractivity contribution < 1.29 is 9.59 Å². The van der Waals surface area contributed by atoms with E-state index in [1.807, 2.05) is 35.2 Å². The van der Waals surface area contributed by atoms with Gasteiger partial charge in [-0.25, -0.2) is 4.79 Å². The van der Waals surface area contributed by atoms with E-state index in [9.17, 15) is 9.59 Å². The molecule has 0 unspecified atom stereocenters. The zero-order chi connectivity index (χ0) is 16.9. The average molecular weight is 348 g/mol. The Morgan fingerprint density at radius 1 is 1.17 bits per heavy atom. The molecular weight excluding hydrogens is 326 g/mol. The Balaban J connectivity index is 1.48. The van der Waals surface area contributed by atoms with Crippen LogP contribution in [0.25, 0.3) is 0 Å². The fourth-order valence-corrected chi connectivity index (χ4v) is 3.27. The third-order valence-electron chi connectivity index (χ3n) is 4.41. The molecule has 0 aromatic heterocycles. The summed E-state index contributed by atoms with van der Waals surface area (Å²) in [6.07, 6.45) is 4.38. The summed E-state index contributed by atoms with van der Waals surface area (Å²) in [6, 6.07) is 7.95. The van der Waals surface area contributed by atoms with Gasteiger partial charge < -0.3 is 15.1 Å². The van der Waals surface area contributed by atoms with Crippen molar-refractivity contribution in [3.8, 4) is 0 Å². The third kappa shape index (κ3) is 4.29. The van der Waals surface area contributed by atoms with Gasteiger partial charge in [0.2, 0.25) is 5.91 Å². The monoisotopic (exact) mass is 347 g/mol. The molecule has 2 heterocycles. The van der Waals surface area contributed by atoms with Gasteiger partial charge in [-0.15, -0.1) is 0 Å². The number of hydrogen-bond acceptors (Lipinski definition) is 2. The lowest BCUT2D eigenvalue weighted by molar-refractivity contribution is -0.128. The number of carbonyl (C=O) groups excluding carboxylic acids is 2. The van der Waals surface area contributed by atoms with Crippen LogP contribution in [0.1, 0.15) is 30.4 Å². The summed E-state index contributed by atoms with van der Waals surface area (Å²) in [4.78, 5) is 27.4. The first-order chi connectivity index (χ1) is 11.6. The lowest BCUT2D eigenvalue weighted by Gasteiger charge is -2.25. The standard InChI is InChI=1S/C18H22ClN3O2/c19-16-3-1-10-22(13-16)18(24)20-11-14-5-7-15(8-6-14)12-21-9-2-4-17(21)23/h3,5-8H,1-2,4,9-13H2,(H,20,24). The number of benzene rings is 1. The Morgan fingerprint density at radius 3 is 2.58 bits per heavy atom. The van der Waals surface area contributed by atoms with Crippen LogP contribution in [0.5, 0.6) is 0 Å². The molecule has 0 atom stereocenters. The number of carbonyl (C=O) groups is 2. The normalized spacial score (nSPS) is 17.9. The van der Waals surface area contributed by atoms with Crippen LogP contribution in [0.2, 0.25) is 0 Å². The van der Waals surface area contributed by atoms with Crippen molar-refractivity contribution in [2.75, 3.05) is 19.6 Å². The third-order valence-corrected chi connectivity index (χ3v) is 4.68. The van der Waals surface area contributed by atoms with Gasteiger partial charge in [-0.3, -0.25) is 4.79 Å². The maximum Gasteiger partial charge on any atom is 0.318 e. The van der Waals surface area contributed by atoms with Crippen LogP contribution in [0, 0.1) is 0 Å². The number of nitrogens with zero attached hydrogens (tertiary/aromatic N) is 2. The summed E-state index contributed by atoms with van der Waals surface area (Å²) in [5.41, 5.74) is 2.16. The van der Waals surface area contributed by atoms with E-state index in [4.69, 9.17) is 11.6 Å². The number of hydrogen-bond donors (Lipinski definition) is 1. The molecule has 1 fully saturated rings. The Morgan fingerprint density at radius 2 is 1.92 bits per heavy atom. The second-order valence-electron chi connectivity index (χ2n) is 6.26. The largest absolute Gasteiger partial charge is 0.338 e. The van der Waals surface area contributed by atoms with E-state index in [0.717, 1.165) is 35.5 Å². The fraction of sp³-hybridized carbons (Fsp3) is 0.444. The second kappa shape index (κ2) is 7.71. The predicted molar refractivity (Wildman–Crippen MR) is 93.5 cm³/mol. The molecule has 6 heteroatoms. The number of nitrogens with one attached hydrogen (secondary N) is 1. The van der Waals surface area contributed by atoms with Gasteiger partial charge in [0.1, 0.15) is 0 Å². The van der Waals surface area contributed by atoms with Crippen molar-refractivity contribution in [3.05, 3.63) is 46.5 Å². The molecule has 2 aliphatic heterocycles. The van der Waals surface area contributed by atoms with Gasteiger partial charge in [0.05, 0.1) is 6.54 Å². The molecular formula is C18H22ClN3O2. The Bertz CT molecular complexity index is 642. The molecule has 0 saturated carbocycles. The highest BCUT2D eigenvalue weighted by atomic mass is 35.5. The molecule has 24 heavy (non-hydrogen) atoms. The summed E-state index contributed by atoms with van der Waals surface area (Å²) in [7, 11) is 0. The van der Waals surface area contributed by atoms with Crippen LogP contribution < -0.4 is 5.32 Å². The molecule has 1 saturated heterocycles. The van der Waals surface area contributed by atoms with Gasteiger partial charge in [-0.1, -0.05) is 41.9 Å². The lowest BCUT2D eigenvalue weighted by Crippen LogP contribution is -2.42. The van der Waals surface area contributed by atoms with Crippen LogP contribution in [0.15, 0.2) is 35.4 Å². The van der Waals surface area contributed by atoms with Crippen LogP contribution in [-0.2, 0) is 17.9 Å². The fourth-order valence-electron chi connectivity index (χ4n) is 3.02. The van der Waals surface area contributed by atoms with Crippen LogP contribution >= 0.6 is 11.6 Å². The first-order valence-electron chi connectivity index (χ1n) is 8.35. The quantitative estimate of drug-likeness (QED) is 0.910. The molecule has 0 radical (unpaired) electrons. The molecule has 1 aromatic carbocycles. The number of halogens is 1. The van der Waals surface area contributed by atoms with Crippen LogP contribution in [0.3, 0.4) is 0 Å². The minimum absolute atomic E-state index is 0.0898. The molecule has 0 spiro atoms. The van der Waals surface area contributed by atoms with E-state index in [1.54, 1.807) is 4.90 Å². The first kappa shape index (κ1) is 16.8. The van der Waals surface area contributed by atoms with Crippen LogP contribution in [-0.4, -0.2) is 41.4 Å². The summed E-state index contributed by atoms with van der Waals surface area (Å²) in [5, 5.41) is 3.65. The lowest BCUT2D eigenvalue weighted by atomic mass is 10.1. The zero-order valence-electron chi connectivity index (χ0n) is 13.6. The second-order valence-corrected chi connectivity index (χ2v) is 6.74. The van der Waals surface area contributed by atoms with Crippen molar-refractivity contribution >= 4 is 23.5 Å². The SMILES string of the molecule is O=C1CCCN1Cc1ccc(CNC(=O)N2CCC=C(Cl)C2)cc1. The van der Waals surface area contributed by atoms with E-state index in [-0.39, 0.29) is 11.9 Å². The molecule has 1 aromatic rings. The molecule has 1 N–H and O–H groups in total. The maximum absolute atomic E-state index is 12.1. The predicted octanol–water partition coefficient (Wildman–Crippen LogP) is 2.85. The Kier molecular flexibility index (Phi) is 5.41. The van der Waals surface area contributed by atoms with E-state index in [1.165, 1.54) is 0 Å². The van der Waals surface area contributed by atoms with Crippen molar-refractivity contribution in [1.29, 1.82) is 0 Å². The summed E-state index contributed by atoms with van der Waals surface area (Å²) < 4.78 is 0. The van der Waals surface area contributed by atoms with Gasteiger partial charge in [0, 0.05) is 37.6 Å². The number of rotatable bonds is 4. The highest BCUT2D eigenvalue weighted by Crippen LogP contribution is 2.15.